The highest BCUT2D eigenvalue weighted by atomic mass is 35.5. The lowest BCUT2D eigenvalue weighted by Crippen LogP contribution is -2.32. The zero-order valence-electron chi connectivity index (χ0n) is 19.4. The fraction of sp³-hybridized carbons (Fsp3) is 0.207. The second-order valence-electron chi connectivity index (χ2n) is 9.64. The first-order chi connectivity index (χ1) is 17.5. The van der Waals surface area contributed by atoms with E-state index in [1.165, 1.54) is 4.90 Å². The number of amides is 4. The van der Waals surface area contributed by atoms with Crippen LogP contribution >= 0.6 is 11.6 Å². The number of benzene rings is 3. The molecule has 6 rings (SSSR count). The number of imide groups is 1. The number of hydrogen-bond donors (Lipinski definition) is 2. The van der Waals surface area contributed by atoms with E-state index in [9.17, 15) is 14.4 Å². The number of hydrogen-bond acceptors (Lipinski definition) is 3. The van der Waals surface area contributed by atoms with E-state index in [1.807, 2.05) is 48.5 Å². The predicted molar refractivity (Wildman–Crippen MR) is 140 cm³/mol. The van der Waals surface area contributed by atoms with Gasteiger partial charge in [0, 0.05) is 16.4 Å². The van der Waals surface area contributed by atoms with Crippen LogP contribution in [0.3, 0.4) is 0 Å². The average molecular weight is 498 g/mol. The van der Waals surface area contributed by atoms with Crippen molar-refractivity contribution in [2.75, 3.05) is 15.5 Å². The maximum atomic E-state index is 13.0. The molecule has 6 nitrogen and oxygen atoms in total. The minimum Gasteiger partial charge on any atom is -0.308 e. The van der Waals surface area contributed by atoms with Gasteiger partial charge in [0.1, 0.15) is 0 Å². The summed E-state index contributed by atoms with van der Waals surface area (Å²) in [4.78, 5) is 39.7. The molecule has 0 spiro atoms. The maximum Gasteiger partial charge on any atom is 0.323 e. The predicted octanol–water partition coefficient (Wildman–Crippen LogP) is 5.89. The van der Waals surface area contributed by atoms with Crippen LogP contribution in [0.25, 0.3) is 0 Å². The van der Waals surface area contributed by atoms with Gasteiger partial charge in [0.25, 0.3) is 0 Å². The number of nitrogens with one attached hydrogen (secondary N) is 2. The van der Waals surface area contributed by atoms with Gasteiger partial charge in [-0.1, -0.05) is 54.1 Å². The fourth-order valence-electron chi connectivity index (χ4n) is 5.72. The number of carbonyl (C=O) groups is 3. The lowest BCUT2D eigenvalue weighted by Gasteiger charge is -2.17. The van der Waals surface area contributed by atoms with Crippen LogP contribution in [0, 0.1) is 23.7 Å². The minimum atomic E-state index is -0.348. The summed E-state index contributed by atoms with van der Waals surface area (Å²) in [6, 6.07) is 21.9. The third kappa shape index (κ3) is 4.07. The van der Waals surface area contributed by atoms with Crippen molar-refractivity contribution in [2.45, 2.75) is 12.8 Å². The van der Waals surface area contributed by atoms with E-state index in [-0.39, 0.29) is 41.5 Å². The second-order valence-corrected chi connectivity index (χ2v) is 10.1. The number of anilines is 3. The van der Waals surface area contributed by atoms with Gasteiger partial charge in [-0.3, -0.25) is 14.5 Å². The molecule has 3 aromatic rings. The first-order valence-electron chi connectivity index (χ1n) is 12.0. The van der Waals surface area contributed by atoms with E-state index in [0.717, 1.165) is 17.5 Å². The van der Waals surface area contributed by atoms with Gasteiger partial charge >= 0.3 is 6.03 Å². The summed E-state index contributed by atoms with van der Waals surface area (Å²) in [5, 5.41) is 6.11. The Hall–Kier alpha value is -3.90. The third-order valence-electron chi connectivity index (χ3n) is 7.37. The number of allylic oxidation sites excluding steroid dienone is 2. The summed E-state index contributed by atoms with van der Waals surface area (Å²) in [5.41, 5.74) is 4.08. The number of rotatable bonds is 5. The zero-order valence-corrected chi connectivity index (χ0v) is 20.1. The van der Waals surface area contributed by atoms with Crippen molar-refractivity contribution in [1.29, 1.82) is 0 Å². The van der Waals surface area contributed by atoms with Gasteiger partial charge in [0.2, 0.25) is 11.8 Å². The van der Waals surface area contributed by atoms with Crippen molar-refractivity contribution in [1.82, 2.24) is 0 Å². The Morgan fingerprint density at radius 1 is 0.806 bits per heavy atom. The quantitative estimate of drug-likeness (QED) is 0.341. The molecule has 4 atom stereocenters. The number of urea groups is 1. The molecular weight excluding hydrogens is 474 g/mol. The third-order valence-corrected chi connectivity index (χ3v) is 7.60. The first kappa shape index (κ1) is 22.6. The van der Waals surface area contributed by atoms with Gasteiger partial charge in [0.15, 0.2) is 0 Å². The molecule has 2 aliphatic carbocycles. The highest BCUT2D eigenvalue weighted by Crippen LogP contribution is 2.53. The lowest BCUT2D eigenvalue weighted by atomic mass is 9.85. The second kappa shape index (κ2) is 8.95. The van der Waals surface area contributed by atoms with Crippen LogP contribution in [0.4, 0.5) is 21.9 Å². The Morgan fingerprint density at radius 2 is 1.39 bits per heavy atom. The minimum absolute atomic E-state index is 0.0583. The van der Waals surface area contributed by atoms with E-state index in [1.54, 1.807) is 24.3 Å². The van der Waals surface area contributed by atoms with Crippen LogP contribution in [0.1, 0.15) is 17.5 Å². The molecule has 4 amide bonds. The van der Waals surface area contributed by atoms with Crippen LogP contribution in [-0.4, -0.2) is 17.8 Å². The molecule has 1 aliphatic heterocycles. The maximum absolute atomic E-state index is 13.0. The number of carbonyl (C=O) groups excluding carboxylic acids is 3. The number of halogens is 1. The Labute approximate surface area is 214 Å². The van der Waals surface area contributed by atoms with E-state index in [0.29, 0.717) is 28.5 Å². The Kier molecular flexibility index (Phi) is 5.61. The monoisotopic (exact) mass is 497 g/mol. The van der Waals surface area contributed by atoms with Crippen LogP contribution in [0.5, 0.6) is 0 Å². The summed E-state index contributed by atoms with van der Waals surface area (Å²) in [7, 11) is 0. The fourth-order valence-corrected chi connectivity index (χ4v) is 5.91. The normalized spacial score (nSPS) is 23.8. The van der Waals surface area contributed by atoms with Crippen molar-refractivity contribution in [2.24, 2.45) is 23.7 Å². The van der Waals surface area contributed by atoms with Crippen LogP contribution < -0.4 is 15.5 Å². The van der Waals surface area contributed by atoms with E-state index in [2.05, 4.69) is 22.8 Å². The first-order valence-corrected chi connectivity index (χ1v) is 12.4. The summed E-state index contributed by atoms with van der Waals surface area (Å²) in [5.74, 6) is -0.0740. The van der Waals surface area contributed by atoms with Gasteiger partial charge in [-0.2, -0.15) is 0 Å². The van der Waals surface area contributed by atoms with Gasteiger partial charge in [0.05, 0.1) is 17.5 Å². The molecule has 1 saturated carbocycles. The lowest BCUT2D eigenvalue weighted by molar-refractivity contribution is -0.123. The summed E-state index contributed by atoms with van der Waals surface area (Å²) in [6.07, 6.45) is 5.84. The van der Waals surface area contributed by atoms with Crippen LogP contribution in [0.15, 0.2) is 84.9 Å². The van der Waals surface area contributed by atoms with Crippen molar-refractivity contribution in [3.05, 3.63) is 101 Å². The molecule has 2 N–H and O–H groups in total. The molecule has 3 aromatic carbocycles. The molecule has 36 heavy (non-hydrogen) atoms. The SMILES string of the molecule is O=C(Nc1ccc(Cc2ccc(N3C(=O)C4C5C=CC(C5)C4C3=O)cc2)cc1)Nc1cccc(Cl)c1. The van der Waals surface area contributed by atoms with Gasteiger partial charge in [-0.15, -0.1) is 0 Å². The topological polar surface area (TPSA) is 78.5 Å². The molecule has 3 aliphatic rings. The van der Waals surface area contributed by atoms with Crippen molar-refractivity contribution in [3.63, 3.8) is 0 Å². The Morgan fingerprint density at radius 3 is 2.00 bits per heavy atom. The summed E-state index contributed by atoms with van der Waals surface area (Å²) in [6.45, 7) is 0. The molecule has 2 fully saturated rings. The van der Waals surface area contributed by atoms with Crippen LogP contribution in [-0.2, 0) is 16.0 Å². The largest absolute Gasteiger partial charge is 0.323 e. The zero-order chi connectivity index (χ0) is 24.8. The van der Waals surface area contributed by atoms with Crippen molar-refractivity contribution < 1.29 is 14.4 Å². The van der Waals surface area contributed by atoms with Crippen molar-refractivity contribution in [3.8, 4) is 0 Å². The van der Waals surface area contributed by atoms with Crippen molar-refractivity contribution >= 4 is 46.5 Å². The smallest absolute Gasteiger partial charge is 0.308 e. The summed E-state index contributed by atoms with van der Waals surface area (Å²) >= 11 is 5.95. The number of fused-ring (bicyclic) bond motifs is 5. The molecule has 7 heteroatoms. The highest BCUT2D eigenvalue weighted by Gasteiger charge is 2.59. The summed E-state index contributed by atoms with van der Waals surface area (Å²) < 4.78 is 0. The molecule has 0 aromatic heterocycles. The molecule has 2 bridgehead atoms. The molecule has 1 heterocycles. The highest BCUT2D eigenvalue weighted by molar-refractivity contribution is 6.31. The van der Waals surface area contributed by atoms with Crippen LogP contribution in [0.2, 0.25) is 5.02 Å². The molecule has 4 unspecified atom stereocenters. The molecule has 0 radical (unpaired) electrons. The number of nitrogens with zero attached hydrogens (tertiary/aromatic N) is 1. The molecule has 180 valence electrons. The Balaban J connectivity index is 1.07. The van der Waals surface area contributed by atoms with E-state index in [4.69, 9.17) is 11.6 Å². The van der Waals surface area contributed by atoms with Gasteiger partial charge in [-0.05, 0) is 78.3 Å². The molecular formula is C29H24ClN3O3. The Bertz CT molecular complexity index is 1350. The van der Waals surface area contributed by atoms with Gasteiger partial charge in [-0.25, -0.2) is 4.79 Å². The average Bonchev–Trinajstić information content (AvgIpc) is 3.55. The van der Waals surface area contributed by atoms with Gasteiger partial charge < -0.3 is 10.6 Å². The van der Waals surface area contributed by atoms with E-state index < -0.39 is 0 Å². The van der Waals surface area contributed by atoms with E-state index >= 15 is 0 Å². The molecule has 1 saturated heterocycles. The standard InChI is InChI=1S/C29H24ClN3O3/c30-21-2-1-3-23(16-21)32-29(36)31-22-10-4-17(5-11-22)14-18-6-12-24(13-7-18)33-27(34)25-19-8-9-20(15-19)26(25)28(33)35/h1-13,16,19-20,25-26H,14-15H2,(H2,31,32,36).